The fourth-order valence-corrected chi connectivity index (χ4v) is 1.55. The number of nitro benzene ring substituents is 1. The molecule has 0 fully saturated rings. The van der Waals surface area contributed by atoms with E-state index in [0.717, 1.165) is 6.54 Å². The van der Waals surface area contributed by atoms with Crippen LogP contribution in [0.25, 0.3) is 0 Å². The van der Waals surface area contributed by atoms with Crippen LogP contribution in [0.2, 0.25) is 5.02 Å². The molecule has 0 spiro atoms. The Kier molecular flexibility index (Phi) is 5.68. The molecule has 0 bridgehead atoms. The van der Waals surface area contributed by atoms with Crippen LogP contribution in [0.4, 0.5) is 11.4 Å². The first-order chi connectivity index (χ1) is 8.15. The van der Waals surface area contributed by atoms with E-state index in [2.05, 4.69) is 5.32 Å². The molecule has 0 aliphatic carbocycles. The number of anilines is 1. The average Bonchev–Trinajstić information content (AvgIpc) is 2.30. The number of non-ortho nitro benzene ring substituents is 1. The van der Waals surface area contributed by atoms with Crippen molar-refractivity contribution in [1.29, 1.82) is 0 Å². The highest BCUT2D eigenvalue weighted by Gasteiger charge is 2.08. The van der Waals surface area contributed by atoms with E-state index in [1.54, 1.807) is 6.07 Å². The first-order valence-electron chi connectivity index (χ1n) is 5.25. The summed E-state index contributed by atoms with van der Waals surface area (Å²) in [6, 6.07) is 4.32. The molecule has 0 heterocycles. The molecule has 0 radical (unpaired) electrons. The highest BCUT2D eigenvalue weighted by atomic mass is 35.5. The number of nitrogens with one attached hydrogen (secondary N) is 1. The first-order valence-corrected chi connectivity index (χ1v) is 5.63. The summed E-state index contributed by atoms with van der Waals surface area (Å²) in [4.78, 5) is 10.0. The molecule has 0 atom stereocenters. The Labute approximate surface area is 104 Å². The molecule has 1 rings (SSSR count). The van der Waals surface area contributed by atoms with Gasteiger partial charge in [-0.05, 0) is 6.07 Å². The highest BCUT2D eigenvalue weighted by molar-refractivity contribution is 6.33. The average molecular weight is 261 g/mol. The molecule has 1 aromatic carbocycles. The SMILES string of the molecule is O=[N+]([O-])c1ccc(NCC[NH2+]CCO)c(Cl)c1. The van der Waals surface area contributed by atoms with E-state index in [9.17, 15) is 10.1 Å². The van der Waals surface area contributed by atoms with Crippen LogP contribution in [0.15, 0.2) is 18.2 Å². The maximum atomic E-state index is 10.5. The molecule has 0 amide bonds. The zero-order valence-electron chi connectivity index (χ0n) is 9.23. The molecule has 0 saturated carbocycles. The van der Waals surface area contributed by atoms with Crippen molar-refractivity contribution in [3.8, 4) is 0 Å². The Hall–Kier alpha value is -1.37. The predicted molar refractivity (Wildman–Crippen MR) is 65.3 cm³/mol. The summed E-state index contributed by atoms with van der Waals surface area (Å²) >= 11 is 5.90. The van der Waals surface area contributed by atoms with Crippen LogP contribution < -0.4 is 10.6 Å². The van der Waals surface area contributed by atoms with Crippen molar-refractivity contribution in [1.82, 2.24) is 0 Å². The smallest absolute Gasteiger partial charge is 0.271 e. The molecule has 0 aromatic heterocycles. The third-order valence-corrected chi connectivity index (χ3v) is 2.47. The van der Waals surface area contributed by atoms with E-state index in [1.165, 1.54) is 12.1 Å². The number of nitrogens with two attached hydrogens (primary N) is 1. The molecule has 0 aliphatic heterocycles. The normalized spacial score (nSPS) is 10.2. The summed E-state index contributed by atoms with van der Waals surface area (Å²) < 4.78 is 0. The van der Waals surface area contributed by atoms with Gasteiger partial charge in [-0.2, -0.15) is 0 Å². The maximum absolute atomic E-state index is 10.5. The fraction of sp³-hybridized carbons (Fsp3) is 0.400. The summed E-state index contributed by atoms with van der Waals surface area (Å²) in [5.74, 6) is 0. The lowest BCUT2D eigenvalue weighted by Crippen LogP contribution is -2.86. The van der Waals surface area contributed by atoms with Crippen molar-refractivity contribution in [2.45, 2.75) is 0 Å². The third-order valence-electron chi connectivity index (χ3n) is 2.16. The number of quaternary nitrogens is 1. The fourth-order valence-electron chi connectivity index (χ4n) is 1.31. The number of nitro groups is 1. The maximum Gasteiger partial charge on any atom is 0.271 e. The summed E-state index contributed by atoms with van der Waals surface area (Å²) in [7, 11) is 0. The summed E-state index contributed by atoms with van der Waals surface area (Å²) in [6.45, 7) is 2.29. The second-order valence-electron chi connectivity index (χ2n) is 3.44. The zero-order valence-corrected chi connectivity index (χ0v) is 9.98. The summed E-state index contributed by atoms with van der Waals surface area (Å²) in [5.41, 5.74) is 0.655. The number of rotatable bonds is 7. The van der Waals surface area contributed by atoms with E-state index in [-0.39, 0.29) is 12.3 Å². The number of aliphatic hydroxyl groups is 1. The minimum atomic E-state index is -0.481. The highest BCUT2D eigenvalue weighted by Crippen LogP contribution is 2.26. The van der Waals surface area contributed by atoms with Crippen LogP contribution in [-0.2, 0) is 0 Å². The van der Waals surface area contributed by atoms with Gasteiger partial charge in [0.05, 0.1) is 41.9 Å². The Morgan fingerprint density at radius 3 is 2.82 bits per heavy atom. The predicted octanol–water partition coefficient (Wildman–Crippen LogP) is 0.216. The van der Waals surface area contributed by atoms with Gasteiger partial charge in [0.1, 0.15) is 0 Å². The lowest BCUT2D eigenvalue weighted by Gasteiger charge is -2.07. The number of nitrogens with zero attached hydrogens (tertiary/aromatic N) is 1. The van der Waals surface area contributed by atoms with Crippen LogP contribution in [0.5, 0.6) is 0 Å². The minimum absolute atomic E-state index is 0.0209. The molecule has 0 saturated heterocycles. The molecular formula is C10H15ClN3O3+. The number of hydrogen-bond acceptors (Lipinski definition) is 4. The second-order valence-corrected chi connectivity index (χ2v) is 3.84. The van der Waals surface area contributed by atoms with E-state index in [0.29, 0.717) is 23.8 Å². The molecule has 17 heavy (non-hydrogen) atoms. The van der Waals surface area contributed by atoms with E-state index in [1.807, 2.05) is 5.32 Å². The number of benzene rings is 1. The van der Waals surface area contributed by atoms with Crippen LogP contribution in [-0.4, -0.2) is 36.3 Å². The lowest BCUT2D eigenvalue weighted by atomic mass is 10.3. The molecule has 0 aliphatic rings. The number of hydrogen-bond donors (Lipinski definition) is 3. The lowest BCUT2D eigenvalue weighted by molar-refractivity contribution is -0.653. The number of halogens is 1. The monoisotopic (exact) mass is 260 g/mol. The van der Waals surface area contributed by atoms with Crippen molar-refractivity contribution >= 4 is 23.0 Å². The van der Waals surface area contributed by atoms with Crippen LogP contribution in [0.3, 0.4) is 0 Å². The molecular weight excluding hydrogens is 246 g/mol. The Morgan fingerprint density at radius 2 is 2.24 bits per heavy atom. The topological polar surface area (TPSA) is 92.0 Å². The van der Waals surface area contributed by atoms with Gasteiger partial charge in [0.25, 0.3) is 5.69 Å². The van der Waals surface area contributed by atoms with E-state index >= 15 is 0 Å². The van der Waals surface area contributed by atoms with Crippen molar-refractivity contribution in [2.24, 2.45) is 0 Å². The van der Waals surface area contributed by atoms with Crippen molar-refractivity contribution in [2.75, 3.05) is 31.6 Å². The molecule has 1 aromatic rings. The van der Waals surface area contributed by atoms with Crippen LogP contribution in [0.1, 0.15) is 0 Å². The van der Waals surface area contributed by atoms with Crippen molar-refractivity contribution < 1.29 is 15.3 Å². The summed E-state index contributed by atoms with van der Waals surface area (Å²) in [5, 5.41) is 24.4. The van der Waals surface area contributed by atoms with Gasteiger partial charge in [-0.25, -0.2) is 0 Å². The van der Waals surface area contributed by atoms with E-state index in [4.69, 9.17) is 16.7 Å². The standard InChI is InChI=1S/C10H14ClN3O3/c11-9-7-8(14(16)17)1-2-10(9)13-4-3-12-5-6-15/h1-2,7,12-13,15H,3-6H2/p+1. The molecule has 4 N–H and O–H groups in total. The molecule has 7 heteroatoms. The Balaban J connectivity index is 2.46. The second kappa shape index (κ2) is 7.05. The van der Waals surface area contributed by atoms with Gasteiger partial charge in [-0.1, -0.05) is 11.6 Å². The van der Waals surface area contributed by atoms with Gasteiger partial charge < -0.3 is 15.7 Å². The van der Waals surface area contributed by atoms with Gasteiger partial charge in [0.15, 0.2) is 0 Å². The van der Waals surface area contributed by atoms with Gasteiger partial charge in [0.2, 0.25) is 0 Å². The summed E-state index contributed by atoms with van der Waals surface area (Å²) in [6.07, 6.45) is 0. The van der Waals surface area contributed by atoms with Crippen LogP contribution in [0, 0.1) is 10.1 Å². The largest absolute Gasteiger partial charge is 0.391 e. The quantitative estimate of drug-likeness (QED) is 0.371. The van der Waals surface area contributed by atoms with Crippen molar-refractivity contribution in [3.63, 3.8) is 0 Å². The third kappa shape index (κ3) is 4.56. The molecule has 6 nitrogen and oxygen atoms in total. The van der Waals surface area contributed by atoms with E-state index < -0.39 is 4.92 Å². The zero-order chi connectivity index (χ0) is 12.7. The van der Waals surface area contributed by atoms with Gasteiger partial charge in [-0.15, -0.1) is 0 Å². The Morgan fingerprint density at radius 1 is 1.47 bits per heavy atom. The van der Waals surface area contributed by atoms with Gasteiger partial charge in [-0.3, -0.25) is 10.1 Å². The van der Waals surface area contributed by atoms with Gasteiger partial charge >= 0.3 is 0 Å². The molecule has 94 valence electrons. The number of aliphatic hydroxyl groups excluding tert-OH is 1. The van der Waals surface area contributed by atoms with Gasteiger partial charge in [0, 0.05) is 12.1 Å². The minimum Gasteiger partial charge on any atom is -0.391 e. The first kappa shape index (κ1) is 13.7. The Bertz CT molecular complexity index is 387. The van der Waals surface area contributed by atoms with Crippen LogP contribution >= 0.6 is 11.6 Å². The van der Waals surface area contributed by atoms with Crippen molar-refractivity contribution in [3.05, 3.63) is 33.3 Å². The molecule has 0 unspecified atom stereocenters.